The van der Waals surface area contributed by atoms with Gasteiger partial charge in [-0.25, -0.2) is 0 Å². The monoisotopic (exact) mass is 200 g/mol. The molecule has 1 aliphatic rings. The van der Waals surface area contributed by atoms with E-state index in [2.05, 4.69) is 32.6 Å². The van der Waals surface area contributed by atoms with Crippen LogP contribution in [0.3, 0.4) is 0 Å². The van der Waals surface area contributed by atoms with Gasteiger partial charge in [-0.3, -0.25) is 4.90 Å². The zero-order valence-corrected chi connectivity index (χ0v) is 9.86. The molecule has 84 valence electrons. The van der Waals surface area contributed by atoms with Crippen LogP contribution in [0.5, 0.6) is 0 Å². The molecule has 0 aromatic heterocycles. The Morgan fingerprint density at radius 2 is 1.79 bits per heavy atom. The van der Waals surface area contributed by atoms with Crippen molar-refractivity contribution in [1.29, 1.82) is 0 Å². The Hall–Kier alpha value is -0.120. The van der Waals surface area contributed by atoms with E-state index < -0.39 is 0 Å². The van der Waals surface area contributed by atoms with Crippen molar-refractivity contribution in [2.24, 2.45) is 11.7 Å². The van der Waals surface area contributed by atoms with Gasteiger partial charge in [-0.2, -0.15) is 0 Å². The molecule has 0 saturated carbocycles. The lowest BCUT2D eigenvalue weighted by atomic mass is 10.0. The Morgan fingerprint density at radius 3 is 2.21 bits per heavy atom. The van der Waals surface area contributed by atoms with E-state index in [-0.39, 0.29) is 0 Å². The van der Waals surface area contributed by atoms with Crippen LogP contribution in [0.15, 0.2) is 0 Å². The molecule has 0 bridgehead atoms. The van der Waals surface area contributed by atoms with E-state index in [0.29, 0.717) is 24.2 Å². The summed E-state index contributed by atoms with van der Waals surface area (Å²) in [5.74, 6) is 0.562. The molecule has 1 aliphatic heterocycles. The molecule has 4 atom stereocenters. The second-order valence-electron chi connectivity index (χ2n) is 4.66. The van der Waals surface area contributed by atoms with Crippen LogP contribution in [-0.2, 0) is 4.74 Å². The van der Waals surface area contributed by atoms with Crippen molar-refractivity contribution in [2.45, 2.75) is 45.9 Å². The molecule has 0 amide bonds. The van der Waals surface area contributed by atoms with Crippen LogP contribution < -0.4 is 5.73 Å². The van der Waals surface area contributed by atoms with E-state index in [1.807, 2.05) is 0 Å². The van der Waals surface area contributed by atoms with Crippen molar-refractivity contribution in [1.82, 2.24) is 4.90 Å². The van der Waals surface area contributed by atoms with Gasteiger partial charge in [0, 0.05) is 19.1 Å². The lowest BCUT2D eigenvalue weighted by Gasteiger charge is -2.40. The van der Waals surface area contributed by atoms with Gasteiger partial charge in [-0.05, 0) is 33.2 Å². The van der Waals surface area contributed by atoms with Gasteiger partial charge in [0.05, 0.1) is 12.2 Å². The van der Waals surface area contributed by atoms with E-state index >= 15 is 0 Å². The number of morpholine rings is 1. The van der Waals surface area contributed by atoms with Crippen LogP contribution in [0, 0.1) is 5.92 Å². The second kappa shape index (κ2) is 5.10. The topological polar surface area (TPSA) is 38.5 Å². The fraction of sp³-hybridized carbons (Fsp3) is 1.00. The highest BCUT2D eigenvalue weighted by Crippen LogP contribution is 2.17. The second-order valence-corrected chi connectivity index (χ2v) is 4.66. The summed E-state index contributed by atoms with van der Waals surface area (Å²) in [6, 6.07) is 0.564. The summed E-state index contributed by atoms with van der Waals surface area (Å²) in [7, 11) is 0. The van der Waals surface area contributed by atoms with Crippen LogP contribution in [0.4, 0.5) is 0 Å². The first-order valence-corrected chi connectivity index (χ1v) is 5.64. The first kappa shape index (κ1) is 12.0. The summed E-state index contributed by atoms with van der Waals surface area (Å²) >= 11 is 0. The largest absolute Gasteiger partial charge is 0.373 e. The van der Waals surface area contributed by atoms with Crippen molar-refractivity contribution in [3.05, 3.63) is 0 Å². The molecule has 1 fully saturated rings. The molecule has 14 heavy (non-hydrogen) atoms. The van der Waals surface area contributed by atoms with E-state index in [9.17, 15) is 0 Å². The van der Waals surface area contributed by atoms with Gasteiger partial charge in [-0.15, -0.1) is 0 Å². The predicted octanol–water partition coefficient (Wildman–Crippen LogP) is 1.08. The summed E-state index contributed by atoms with van der Waals surface area (Å²) in [4.78, 5) is 2.50. The molecule has 0 aliphatic carbocycles. The molecule has 0 aromatic carbocycles. The number of ether oxygens (including phenoxy) is 1. The lowest BCUT2D eigenvalue weighted by Crippen LogP contribution is -2.51. The third-order valence-electron chi connectivity index (χ3n) is 3.22. The van der Waals surface area contributed by atoms with E-state index in [1.54, 1.807) is 0 Å². The zero-order valence-electron chi connectivity index (χ0n) is 9.86. The van der Waals surface area contributed by atoms with E-state index in [4.69, 9.17) is 10.5 Å². The summed E-state index contributed by atoms with van der Waals surface area (Å²) in [6.45, 7) is 11.6. The quantitative estimate of drug-likeness (QED) is 0.741. The van der Waals surface area contributed by atoms with Crippen LogP contribution in [-0.4, -0.2) is 42.8 Å². The van der Waals surface area contributed by atoms with Crippen molar-refractivity contribution >= 4 is 0 Å². The first-order chi connectivity index (χ1) is 6.54. The average molecular weight is 200 g/mol. The molecule has 1 saturated heterocycles. The molecule has 2 N–H and O–H groups in total. The van der Waals surface area contributed by atoms with Crippen molar-refractivity contribution in [3.63, 3.8) is 0 Å². The lowest BCUT2D eigenvalue weighted by molar-refractivity contribution is -0.0834. The summed E-state index contributed by atoms with van der Waals surface area (Å²) in [5.41, 5.74) is 5.69. The normalized spacial score (nSPS) is 34.1. The van der Waals surface area contributed by atoms with Gasteiger partial charge < -0.3 is 10.5 Å². The SMILES string of the molecule is CC(CN)C(C)N1C[C@@H](C)O[C@@H](C)C1. The van der Waals surface area contributed by atoms with Crippen molar-refractivity contribution < 1.29 is 4.74 Å². The fourth-order valence-corrected chi connectivity index (χ4v) is 2.11. The molecular weight excluding hydrogens is 176 g/mol. The Morgan fingerprint density at radius 1 is 1.29 bits per heavy atom. The number of nitrogens with zero attached hydrogens (tertiary/aromatic N) is 1. The first-order valence-electron chi connectivity index (χ1n) is 5.64. The Balaban J connectivity index is 2.50. The summed E-state index contributed by atoms with van der Waals surface area (Å²) in [5, 5.41) is 0. The minimum absolute atomic E-state index is 0.353. The van der Waals surface area contributed by atoms with Gasteiger partial charge in [0.1, 0.15) is 0 Å². The molecular formula is C11H24N2O. The van der Waals surface area contributed by atoms with Gasteiger partial charge >= 0.3 is 0 Å². The summed E-state index contributed by atoms with van der Waals surface area (Å²) in [6.07, 6.45) is 0.706. The minimum atomic E-state index is 0.353. The molecule has 3 nitrogen and oxygen atoms in total. The van der Waals surface area contributed by atoms with Crippen LogP contribution in [0.2, 0.25) is 0 Å². The summed E-state index contributed by atoms with van der Waals surface area (Å²) < 4.78 is 5.71. The van der Waals surface area contributed by atoms with Gasteiger partial charge in [0.25, 0.3) is 0 Å². The standard InChI is InChI=1S/C11H24N2O/c1-8(5-12)11(4)13-6-9(2)14-10(3)7-13/h8-11H,5-7,12H2,1-4H3/t8?,9-,10+,11?. The van der Waals surface area contributed by atoms with Crippen molar-refractivity contribution in [2.75, 3.05) is 19.6 Å². The molecule has 0 radical (unpaired) electrons. The average Bonchev–Trinajstić information content (AvgIpc) is 2.14. The zero-order chi connectivity index (χ0) is 10.7. The number of nitrogens with two attached hydrogens (primary N) is 1. The highest BCUT2D eigenvalue weighted by Gasteiger charge is 2.27. The van der Waals surface area contributed by atoms with Gasteiger partial charge in [0.2, 0.25) is 0 Å². The Kier molecular flexibility index (Phi) is 4.35. The van der Waals surface area contributed by atoms with Crippen LogP contribution >= 0.6 is 0 Å². The van der Waals surface area contributed by atoms with E-state index in [0.717, 1.165) is 19.6 Å². The Labute approximate surface area is 87.6 Å². The maximum Gasteiger partial charge on any atom is 0.0678 e. The van der Waals surface area contributed by atoms with Crippen LogP contribution in [0.25, 0.3) is 0 Å². The highest BCUT2D eigenvalue weighted by atomic mass is 16.5. The third-order valence-corrected chi connectivity index (χ3v) is 3.22. The molecule has 2 unspecified atom stereocenters. The van der Waals surface area contributed by atoms with E-state index in [1.165, 1.54) is 0 Å². The van der Waals surface area contributed by atoms with Crippen molar-refractivity contribution in [3.8, 4) is 0 Å². The molecule has 1 heterocycles. The van der Waals surface area contributed by atoms with Crippen LogP contribution in [0.1, 0.15) is 27.7 Å². The maximum atomic E-state index is 5.71. The fourth-order valence-electron chi connectivity index (χ4n) is 2.11. The third kappa shape index (κ3) is 2.94. The number of hydrogen-bond donors (Lipinski definition) is 1. The Bertz CT molecular complexity index is 165. The van der Waals surface area contributed by atoms with Gasteiger partial charge in [0.15, 0.2) is 0 Å². The molecule has 0 spiro atoms. The number of hydrogen-bond acceptors (Lipinski definition) is 3. The highest BCUT2D eigenvalue weighted by molar-refractivity contribution is 4.80. The van der Waals surface area contributed by atoms with Gasteiger partial charge in [-0.1, -0.05) is 6.92 Å². The molecule has 3 heteroatoms. The molecule has 0 aromatic rings. The smallest absolute Gasteiger partial charge is 0.0678 e. The minimum Gasteiger partial charge on any atom is -0.373 e. The number of rotatable bonds is 3. The maximum absolute atomic E-state index is 5.71. The predicted molar refractivity (Wildman–Crippen MR) is 59.3 cm³/mol. The molecule has 1 rings (SSSR count).